The van der Waals surface area contributed by atoms with E-state index in [-0.39, 0.29) is 44.0 Å². The van der Waals surface area contributed by atoms with Crippen LogP contribution in [0.2, 0.25) is 0 Å². The van der Waals surface area contributed by atoms with Crippen molar-refractivity contribution in [2.75, 3.05) is 20.7 Å². The second-order valence-corrected chi connectivity index (χ2v) is 20.2. The first-order valence-electron chi connectivity index (χ1n) is 23.9. The third-order valence-corrected chi connectivity index (χ3v) is 13.4. The zero-order valence-electron chi connectivity index (χ0n) is 42.3. The van der Waals surface area contributed by atoms with Gasteiger partial charge in [-0.2, -0.15) is 0 Å². The highest BCUT2D eigenvalue weighted by Crippen LogP contribution is 2.46. The standard InChI is InChI=1S/C49H77NO18/c1-15-36-34(24-59-30(8)52)46-49(12,68-46)18-16-35(55)26(4)21-33(17-19-51)42(27(5)37(62-31(9)53)22-39(57)64-36)67-47-44(63-32(10)54)41(50(13)14)43(28(6)61-47)66-40-23-48(11,58)45(29(7)60-40)65-38(56)20-25(2)3/h16,18-19,25-29,33-34,36-37,40-47,58H,15,17,20-24H2,1-14H3/b18-16+. The van der Waals surface area contributed by atoms with E-state index >= 15 is 0 Å². The monoisotopic (exact) mass is 968 g/mol. The van der Waals surface area contributed by atoms with Gasteiger partial charge >= 0.3 is 29.8 Å². The van der Waals surface area contributed by atoms with Gasteiger partial charge in [0.25, 0.3) is 0 Å². The molecule has 1 N–H and O–H groups in total. The van der Waals surface area contributed by atoms with Gasteiger partial charge in [-0.15, -0.1) is 0 Å². The number of likely N-dealkylation sites (N-methyl/N-ethyl adjacent to an activating group) is 1. The second kappa shape index (κ2) is 24.3. The predicted molar refractivity (Wildman–Crippen MR) is 241 cm³/mol. The Labute approximate surface area is 400 Å². The number of nitrogens with zero attached hydrogens (tertiary/aromatic N) is 1. The van der Waals surface area contributed by atoms with E-state index in [0.29, 0.717) is 12.7 Å². The lowest BCUT2D eigenvalue weighted by Gasteiger charge is -2.51. The maximum absolute atomic E-state index is 14.0. The number of ketones is 1. The highest BCUT2D eigenvalue weighted by Gasteiger charge is 2.58. The predicted octanol–water partition coefficient (Wildman–Crippen LogP) is 4.19. The van der Waals surface area contributed by atoms with Crippen molar-refractivity contribution in [1.29, 1.82) is 0 Å². The summed E-state index contributed by atoms with van der Waals surface area (Å²) in [6.45, 7) is 19.3. The SMILES string of the molecule is CCC1OC(=O)CC(OC(C)=O)C(C)C(OC2OC(C)C(OC3CC(C)(O)C(OC(=O)CC(C)C)C(C)O3)C(N(C)C)C2OC(C)=O)C(CC=O)CC(C)C(=O)/C=C/C2(C)OC2C1COC(C)=O. The number of hydrogen-bond acceptors (Lipinski definition) is 19. The van der Waals surface area contributed by atoms with Crippen LogP contribution in [0.15, 0.2) is 12.2 Å². The number of ether oxygens (including phenoxy) is 10. The minimum absolute atomic E-state index is 0.0447. The Bertz CT molecular complexity index is 1800. The smallest absolute Gasteiger partial charge is 0.309 e. The fourth-order valence-electron chi connectivity index (χ4n) is 9.91. The lowest BCUT2D eigenvalue weighted by molar-refractivity contribution is -0.343. The van der Waals surface area contributed by atoms with Gasteiger partial charge in [0.05, 0.1) is 36.7 Å². The number of carbonyl (C=O) groups excluding carboxylic acids is 7. The van der Waals surface area contributed by atoms with Gasteiger partial charge in [0.15, 0.2) is 30.6 Å². The quantitative estimate of drug-likeness (QED) is 0.105. The largest absolute Gasteiger partial charge is 0.465 e. The number of allylic oxidation sites excluding steroid dienone is 1. The number of fused-ring (bicyclic) bond motifs is 1. The Hall–Kier alpha value is -3.85. The highest BCUT2D eigenvalue weighted by molar-refractivity contribution is 5.91. The number of hydrogen-bond donors (Lipinski definition) is 1. The zero-order valence-corrected chi connectivity index (χ0v) is 42.3. The molecule has 0 aromatic heterocycles. The molecule has 19 heteroatoms. The van der Waals surface area contributed by atoms with Crippen LogP contribution in [0.5, 0.6) is 0 Å². The summed E-state index contributed by atoms with van der Waals surface area (Å²) in [6, 6.07) is -0.797. The van der Waals surface area contributed by atoms with Gasteiger partial charge < -0.3 is 62.2 Å². The number of aliphatic hydroxyl groups is 1. The van der Waals surface area contributed by atoms with E-state index in [1.165, 1.54) is 26.8 Å². The number of esters is 5. The summed E-state index contributed by atoms with van der Waals surface area (Å²) >= 11 is 0. The molecule has 19 nitrogen and oxygen atoms in total. The Kier molecular flexibility index (Phi) is 20.3. The molecule has 0 aromatic carbocycles. The average Bonchev–Trinajstić information content (AvgIpc) is 3.89. The molecule has 18 atom stereocenters. The lowest BCUT2D eigenvalue weighted by atomic mass is 9.79. The number of rotatable bonds is 15. The van der Waals surface area contributed by atoms with Crippen molar-refractivity contribution < 1.29 is 86.0 Å². The minimum Gasteiger partial charge on any atom is -0.465 e. The molecule has 0 aliphatic carbocycles. The summed E-state index contributed by atoms with van der Waals surface area (Å²) in [6.07, 6.45) is -7.08. The van der Waals surface area contributed by atoms with E-state index in [4.69, 9.17) is 47.4 Å². The first kappa shape index (κ1) is 56.7. The van der Waals surface area contributed by atoms with Crippen molar-refractivity contribution >= 4 is 41.9 Å². The topological polar surface area (TPSA) is 239 Å². The molecule has 68 heavy (non-hydrogen) atoms. The molecule has 0 spiro atoms. The molecular weight excluding hydrogens is 891 g/mol. The van der Waals surface area contributed by atoms with E-state index in [1.54, 1.807) is 73.5 Å². The van der Waals surface area contributed by atoms with Gasteiger partial charge in [0, 0.05) is 51.9 Å². The maximum Gasteiger partial charge on any atom is 0.309 e. The summed E-state index contributed by atoms with van der Waals surface area (Å²) < 4.78 is 61.4. The van der Waals surface area contributed by atoms with Crippen LogP contribution in [0.4, 0.5) is 0 Å². The van der Waals surface area contributed by atoms with E-state index in [0.717, 1.165) is 0 Å². The van der Waals surface area contributed by atoms with Crippen molar-refractivity contribution in [1.82, 2.24) is 4.90 Å². The van der Waals surface area contributed by atoms with Gasteiger partial charge in [0.2, 0.25) is 0 Å². The molecule has 3 fully saturated rings. The number of carbonyl (C=O) groups is 7. The fraction of sp³-hybridized carbons (Fsp3) is 0.816. The summed E-state index contributed by atoms with van der Waals surface area (Å²) in [4.78, 5) is 92.5. The Morgan fingerprint density at radius 3 is 2.13 bits per heavy atom. The van der Waals surface area contributed by atoms with Crippen LogP contribution >= 0.6 is 0 Å². The molecule has 0 saturated carbocycles. The van der Waals surface area contributed by atoms with Crippen LogP contribution in [0.1, 0.15) is 122 Å². The van der Waals surface area contributed by atoms with Crippen molar-refractivity contribution in [3.05, 3.63) is 12.2 Å². The van der Waals surface area contributed by atoms with Crippen molar-refractivity contribution in [3.8, 4) is 0 Å². The molecule has 18 unspecified atom stereocenters. The van der Waals surface area contributed by atoms with Crippen LogP contribution in [0.3, 0.4) is 0 Å². The molecule has 4 rings (SSSR count). The molecule has 4 heterocycles. The van der Waals surface area contributed by atoms with Crippen molar-refractivity contribution in [2.45, 2.75) is 206 Å². The zero-order chi connectivity index (χ0) is 51.0. The Morgan fingerprint density at radius 1 is 0.912 bits per heavy atom. The normalized spacial score (nSPS) is 39.8. The molecule has 0 radical (unpaired) electrons. The fourth-order valence-corrected chi connectivity index (χ4v) is 9.91. The molecule has 0 amide bonds. The summed E-state index contributed by atoms with van der Waals surface area (Å²) in [5.74, 6) is -6.28. The summed E-state index contributed by atoms with van der Waals surface area (Å²) in [5.41, 5.74) is -2.50. The molecule has 3 saturated heterocycles. The second-order valence-electron chi connectivity index (χ2n) is 20.2. The summed E-state index contributed by atoms with van der Waals surface area (Å²) in [5, 5.41) is 11.6. The van der Waals surface area contributed by atoms with Gasteiger partial charge in [-0.25, -0.2) is 0 Å². The van der Waals surface area contributed by atoms with Gasteiger partial charge in [-0.1, -0.05) is 34.6 Å². The number of epoxide rings is 1. The molecule has 4 aliphatic rings. The van der Waals surface area contributed by atoms with Crippen LogP contribution in [-0.4, -0.2) is 157 Å². The van der Waals surface area contributed by atoms with Crippen molar-refractivity contribution in [2.24, 2.45) is 29.6 Å². The van der Waals surface area contributed by atoms with Gasteiger partial charge in [-0.05, 0) is 78.6 Å². The number of aldehydes is 1. The van der Waals surface area contributed by atoms with Gasteiger partial charge in [0.1, 0.15) is 48.5 Å². The first-order valence-corrected chi connectivity index (χ1v) is 23.9. The van der Waals surface area contributed by atoms with Crippen LogP contribution < -0.4 is 0 Å². The first-order chi connectivity index (χ1) is 31.7. The minimum atomic E-state index is -1.55. The van der Waals surface area contributed by atoms with Gasteiger partial charge in [-0.3, -0.25) is 28.8 Å². The van der Waals surface area contributed by atoms with Crippen LogP contribution in [-0.2, 0) is 80.9 Å². The van der Waals surface area contributed by atoms with E-state index in [2.05, 4.69) is 0 Å². The Balaban J connectivity index is 1.74. The van der Waals surface area contributed by atoms with Crippen LogP contribution in [0, 0.1) is 29.6 Å². The molecular formula is C49H77NO18. The maximum atomic E-state index is 14.0. The third kappa shape index (κ3) is 15.1. The lowest BCUT2D eigenvalue weighted by Crippen LogP contribution is -2.66. The number of cyclic esters (lactones) is 1. The summed E-state index contributed by atoms with van der Waals surface area (Å²) in [7, 11) is 3.50. The molecule has 4 aliphatic heterocycles. The van der Waals surface area contributed by atoms with E-state index < -0.39 is 145 Å². The average molecular weight is 968 g/mol. The van der Waals surface area contributed by atoms with E-state index in [9.17, 15) is 38.7 Å². The van der Waals surface area contributed by atoms with Crippen LogP contribution in [0.25, 0.3) is 0 Å². The molecule has 386 valence electrons. The Morgan fingerprint density at radius 2 is 1.57 bits per heavy atom. The molecule has 0 bridgehead atoms. The third-order valence-electron chi connectivity index (χ3n) is 13.4. The van der Waals surface area contributed by atoms with E-state index in [1.807, 2.05) is 13.8 Å². The van der Waals surface area contributed by atoms with Crippen molar-refractivity contribution in [3.63, 3.8) is 0 Å². The molecule has 0 aromatic rings. The highest BCUT2D eigenvalue weighted by atomic mass is 16.7.